The Hall–Kier alpha value is -1.33. The lowest BCUT2D eigenvalue weighted by Crippen LogP contribution is -2.39. The van der Waals surface area contributed by atoms with Gasteiger partial charge < -0.3 is 15.3 Å². The SMILES string of the molecule is CCCN1CCC(Nc2cc(C(=O)O)c(Cl)cn2)CC1. The number of aromatic nitrogens is 1. The van der Waals surface area contributed by atoms with Crippen LogP contribution in [0.3, 0.4) is 0 Å². The van der Waals surface area contributed by atoms with Gasteiger partial charge in [0.2, 0.25) is 0 Å². The van der Waals surface area contributed by atoms with E-state index >= 15 is 0 Å². The molecule has 0 saturated carbocycles. The van der Waals surface area contributed by atoms with Crippen LogP contribution >= 0.6 is 11.6 Å². The van der Waals surface area contributed by atoms with Gasteiger partial charge in [0.05, 0.1) is 10.6 Å². The lowest BCUT2D eigenvalue weighted by Gasteiger charge is -2.32. The summed E-state index contributed by atoms with van der Waals surface area (Å²) in [4.78, 5) is 17.6. The van der Waals surface area contributed by atoms with Crippen molar-refractivity contribution < 1.29 is 9.90 Å². The first-order chi connectivity index (χ1) is 9.60. The topological polar surface area (TPSA) is 65.5 Å². The maximum Gasteiger partial charge on any atom is 0.337 e. The largest absolute Gasteiger partial charge is 0.478 e. The molecule has 110 valence electrons. The molecule has 2 heterocycles. The minimum Gasteiger partial charge on any atom is -0.478 e. The second-order valence-electron chi connectivity index (χ2n) is 5.11. The number of nitrogens with one attached hydrogen (secondary N) is 1. The second kappa shape index (κ2) is 6.90. The molecule has 0 aliphatic carbocycles. The summed E-state index contributed by atoms with van der Waals surface area (Å²) in [5.74, 6) is -0.445. The van der Waals surface area contributed by atoms with E-state index in [1.54, 1.807) is 0 Å². The fraction of sp³-hybridized carbons (Fsp3) is 0.571. The zero-order chi connectivity index (χ0) is 14.5. The Labute approximate surface area is 123 Å². The maximum absolute atomic E-state index is 11.0. The van der Waals surface area contributed by atoms with Crippen LogP contribution in [0, 0.1) is 0 Å². The molecule has 0 amide bonds. The number of carboxylic acid groups (broad SMARTS) is 1. The zero-order valence-electron chi connectivity index (χ0n) is 11.6. The number of carboxylic acids is 1. The number of nitrogens with zero attached hydrogens (tertiary/aromatic N) is 2. The Kier molecular flexibility index (Phi) is 5.20. The van der Waals surface area contributed by atoms with E-state index in [-0.39, 0.29) is 10.6 Å². The van der Waals surface area contributed by atoms with Crippen LogP contribution in [0.2, 0.25) is 5.02 Å². The van der Waals surface area contributed by atoms with E-state index in [1.165, 1.54) is 18.7 Å². The van der Waals surface area contributed by atoms with Gasteiger partial charge in [-0.3, -0.25) is 0 Å². The van der Waals surface area contributed by atoms with Crippen molar-refractivity contribution in [2.75, 3.05) is 25.0 Å². The van der Waals surface area contributed by atoms with Crippen LogP contribution in [0.1, 0.15) is 36.5 Å². The van der Waals surface area contributed by atoms with Gasteiger partial charge in [-0.1, -0.05) is 18.5 Å². The summed E-state index contributed by atoms with van der Waals surface area (Å²) in [5, 5.41) is 12.5. The van der Waals surface area contributed by atoms with Gasteiger partial charge in [0, 0.05) is 25.3 Å². The van der Waals surface area contributed by atoms with E-state index in [2.05, 4.69) is 22.1 Å². The number of aromatic carboxylic acids is 1. The number of carbonyl (C=O) groups is 1. The van der Waals surface area contributed by atoms with E-state index in [9.17, 15) is 4.79 Å². The van der Waals surface area contributed by atoms with Crippen molar-refractivity contribution in [3.05, 3.63) is 22.8 Å². The lowest BCUT2D eigenvalue weighted by atomic mass is 10.0. The maximum atomic E-state index is 11.0. The van der Waals surface area contributed by atoms with Crippen LogP contribution in [0.4, 0.5) is 5.82 Å². The third kappa shape index (κ3) is 3.84. The molecule has 2 rings (SSSR count). The monoisotopic (exact) mass is 297 g/mol. The average molecular weight is 298 g/mol. The van der Waals surface area contributed by atoms with Crippen LogP contribution in [0.5, 0.6) is 0 Å². The van der Waals surface area contributed by atoms with E-state index in [1.807, 2.05) is 0 Å². The average Bonchev–Trinajstić information content (AvgIpc) is 2.43. The summed E-state index contributed by atoms with van der Waals surface area (Å²) >= 11 is 5.81. The first kappa shape index (κ1) is 15.1. The lowest BCUT2D eigenvalue weighted by molar-refractivity contribution is 0.0697. The molecule has 20 heavy (non-hydrogen) atoms. The first-order valence-electron chi connectivity index (χ1n) is 6.98. The summed E-state index contributed by atoms with van der Waals surface area (Å²) in [7, 11) is 0. The van der Waals surface area contributed by atoms with Gasteiger partial charge in [0.15, 0.2) is 0 Å². The third-order valence-corrected chi connectivity index (χ3v) is 3.87. The normalized spacial score (nSPS) is 17.1. The number of hydrogen-bond donors (Lipinski definition) is 2. The summed E-state index contributed by atoms with van der Waals surface area (Å²) in [5.41, 5.74) is 0.0904. The van der Waals surface area contributed by atoms with Gasteiger partial charge in [0.25, 0.3) is 0 Å². The fourth-order valence-electron chi connectivity index (χ4n) is 2.51. The molecule has 2 N–H and O–H groups in total. The molecule has 0 atom stereocenters. The Morgan fingerprint density at radius 3 is 2.85 bits per heavy atom. The van der Waals surface area contributed by atoms with Gasteiger partial charge in [-0.25, -0.2) is 9.78 Å². The van der Waals surface area contributed by atoms with Gasteiger partial charge in [0.1, 0.15) is 5.82 Å². The zero-order valence-corrected chi connectivity index (χ0v) is 12.4. The molecule has 5 nitrogen and oxygen atoms in total. The molecule has 6 heteroatoms. The molecular formula is C14H20ClN3O2. The molecule has 1 aromatic rings. The van der Waals surface area contributed by atoms with Crippen LogP contribution in [-0.4, -0.2) is 46.6 Å². The van der Waals surface area contributed by atoms with Crippen molar-refractivity contribution in [3.63, 3.8) is 0 Å². The smallest absolute Gasteiger partial charge is 0.337 e. The molecule has 0 radical (unpaired) electrons. The highest BCUT2D eigenvalue weighted by atomic mass is 35.5. The van der Waals surface area contributed by atoms with E-state index in [4.69, 9.17) is 16.7 Å². The van der Waals surface area contributed by atoms with Crippen LogP contribution < -0.4 is 5.32 Å². The van der Waals surface area contributed by atoms with Crippen molar-refractivity contribution in [1.29, 1.82) is 0 Å². The second-order valence-corrected chi connectivity index (χ2v) is 5.52. The van der Waals surface area contributed by atoms with E-state index in [0.717, 1.165) is 32.5 Å². The number of rotatable bonds is 5. The fourth-order valence-corrected chi connectivity index (χ4v) is 2.69. The van der Waals surface area contributed by atoms with Crippen LogP contribution in [0.15, 0.2) is 12.3 Å². The number of hydrogen-bond acceptors (Lipinski definition) is 4. The number of anilines is 1. The standard InChI is InChI=1S/C14H20ClN3O2/c1-2-5-18-6-3-10(4-7-18)17-13-8-11(14(19)20)12(15)9-16-13/h8-10H,2-7H2,1H3,(H,16,17)(H,19,20). The van der Waals surface area contributed by atoms with Crippen LogP contribution in [-0.2, 0) is 0 Å². The van der Waals surface area contributed by atoms with Gasteiger partial charge in [-0.05, 0) is 31.9 Å². The van der Waals surface area contributed by atoms with Gasteiger partial charge in [-0.2, -0.15) is 0 Å². The third-order valence-electron chi connectivity index (χ3n) is 3.57. The summed E-state index contributed by atoms with van der Waals surface area (Å²) in [6.07, 6.45) is 4.66. The number of likely N-dealkylation sites (tertiary alicyclic amines) is 1. The quantitative estimate of drug-likeness (QED) is 0.875. The van der Waals surface area contributed by atoms with Crippen molar-refractivity contribution in [2.24, 2.45) is 0 Å². The van der Waals surface area contributed by atoms with Crippen molar-refractivity contribution in [2.45, 2.75) is 32.2 Å². The Balaban J connectivity index is 1.94. The summed E-state index contributed by atoms with van der Waals surface area (Å²) < 4.78 is 0. The molecule has 1 aromatic heterocycles. The summed E-state index contributed by atoms with van der Waals surface area (Å²) in [6, 6.07) is 1.85. The predicted molar refractivity (Wildman–Crippen MR) is 79.6 cm³/mol. The molecule has 1 saturated heterocycles. The Bertz CT molecular complexity index is 473. The van der Waals surface area contributed by atoms with Crippen molar-refractivity contribution >= 4 is 23.4 Å². The van der Waals surface area contributed by atoms with E-state index in [0.29, 0.717) is 11.9 Å². The first-order valence-corrected chi connectivity index (χ1v) is 7.35. The highest BCUT2D eigenvalue weighted by Crippen LogP contribution is 2.20. The van der Waals surface area contributed by atoms with Gasteiger partial charge >= 0.3 is 5.97 Å². The highest BCUT2D eigenvalue weighted by molar-refractivity contribution is 6.33. The molecule has 0 aromatic carbocycles. The van der Waals surface area contributed by atoms with Crippen molar-refractivity contribution in [1.82, 2.24) is 9.88 Å². The van der Waals surface area contributed by atoms with Gasteiger partial charge in [-0.15, -0.1) is 0 Å². The number of piperidine rings is 1. The highest BCUT2D eigenvalue weighted by Gasteiger charge is 2.19. The van der Waals surface area contributed by atoms with E-state index < -0.39 is 5.97 Å². The Morgan fingerprint density at radius 2 is 2.25 bits per heavy atom. The number of halogens is 1. The van der Waals surface area contributed by atoms with Crippen molar-refractivity contribution in [3.8, 4) is 0 Å². The molecule has 0 unspecified atom stereocenters. The molecule has 0 spiro atoms. The molecule has 0 bridgehead atoms. The molecule has 1 aliphatic heterocycles. The minimum absolute atomic E-state index is 0.0904. The minimum atomic E-state index is -1.03. The molecule has 1 fully saturated rings. The Morgan fingerprint density at radius 1 is 1.55 bits per heavy atom. The summed E-state index contributed by atoms with van der Waals surface area (Å²) in [6.45, 7) is 5.49. The van der Waals surface area contributed by atoms with Crippen LogP contribution in [0.25, 0.3) is 0 Å². The molecular weight excluding hydrogens is 278 g/mol. The molecule has 1 aliphatic rings. The number of pyridine rings is 1. The predicted octanol–water partition coefficient (Wildman–Crippen LogP) is 2.72.